The lowest BCUT2D eigenvalue weighted by Crippen LogP contribution is -2.43. The van der Waals surface area contributed by atoms with E-state index in [9.17, 15) is 14.0 Å². The Balaban J connectivity index is 1.94. The minimum atomic E-state index is -0.415. The molecule has 1 amide bonds. The number of amides is 1. The molecular formula is C16H21FN2O2. The van der Waals surface area contributed by atoms with Crippen molar-refractivity contribution in [3.05, 3.63) is 35.6 Å². The number of hydrogen-bond acceptors (Lipinski definition) is 3. The number of ketones is 1. The second kappa shape index (κ2) is 6.80. The van der Waals surface area contributed by atoms with Gasteiger partial charge in [-0.3, -0.25) is 14.5 Å². The molecule has 1 aliphatic rings. The second-order valence-electron chi connectivity index (χ2n) is 5.55. The third kappa shape index (κ3) is 3.88. The standard InChI is InChI=1S/C16H21FN2O2/c1-12(16(21)13-5-7-14(17)8-6-13)18(2)11-15(20)19-9-3-4-10-19/h5-8,12H,3-4,9-11H2,1-2H3. The van der Waals surface area contributed by atoms with Crippen molar-refractivity contribution >= 4 is 11.7 Å². The van der Waals surface area contributed by atoms with Crippen molar-refractivity contribution in [2.75, 3.05) is 26.7 Å². The molecule has 1 atom stereocenters. The first-order chi connectivity index (χ1) is 9.99. The first-order valence-corrected chi connectivity index (χ1v) is 7.27. The van der Waals surface area contributed by atoms with Gasteiger partial charge >= 0.3 is 0 Å². The van der Waals surface area contributed by atoms with E-state index in [-0.39, 0.29) is 24.1 Å². The minimum absolute atomic E-state index is 0.0637. The molecule has 1 saturated heterocycles. The fraction of sp³-hybridized carbons (Fsp3) is 0.500. The van der Waals surface area contributed by atoms with Gasteiger partial charge in [0.15, 0.2) is 5.78 Å². The zero-order chi connectivity index (χ0) is 15.4. The minimum Gasteiger partial charge on any atom is -0.342 e. The maximum Gasteiger partial charge on any atom is 0.236 e. The molecule has 0 saturated carbocycles. The molecule has 0 aliphatic carbocycles. The van der Waals surface area contributed by atoms with Crippen LogP contribution in [-0.4, -0.2) is 54.2 Å². The highest BCUT2D eigenvalue weighted by atomic mass is 19.1. The number of halogens is 1. The van der Waals surface area contributed by atoms with Gasteiger partial charge in [-0.1, -0.05) is 0 Å². The molecule has 0 aromatic heterocycles. The topological polar surface area (TPSA) is 40.6 Å². The first kappa shape index (κ1) is 15.6. The van der Waals surface area contributed by atoms with Crippen LogP contribution in [0.4, 0.5) is 4.39 Å². The Bertz CT molecular complexity index is 510. The summed E-state index contributed by atoms with van der Waals surface area (Å²) >= 11 is 0. The first-order valence-electron chi connectivity index (χ1n) is 7.27. The Kier molecular flexibility index (Phi) is 5.07. The molecular weight excluding hydrogens is 271 g/mol. The van der Waals surface area contributed by atoms with Crippen molar-refractivity contribution in [2.24, 2.45) is 0 Å². The molecule has 1 aliphatic heterocycles. The van der Waals surface area contributed by atoms with Crippen LogP contribution in [0, 0.1) is 5.82 Å². The Morgan fingerprint density at radius 1 is 1.24 bits per heavy atom. The molecule has 1 aromatic rings. The Labute approximate surface area is 124 Å². The predicted molar refractivity (Wildman–Crippen MR) is 78.6 cm³/mol. The summed E-state index contributed by atoms with van der Waals surface area (Å²) in [6.45, 7) is 3.62. The summed E-state index contributed by atoms with van der Waals surface area (Å²) in [4.78, 5) is 28.0. The molecule has 1 unspecified atom stereocenters. The molecule has 0 spiro atoms. The van der Waals surface area contributed by atoms with E-state index >= 15 is 0 Å². The lowest BCUT2D eigenvalue weighted by Gasteiger charge is -2.25. The number of likely N-dealkylation sites (tertiary alicyclic amines) is 1. The summed E-state index contributed by atoms with van der Waals surface area (Å²) < 4.78 is 12.9. The average Bonchev–Trinajstić information content (AvgIpc) is 3.00. The number of likely N-dealkylation sites (N-methyl/N-ethyl adjacent to an activating group) is 1. The fourth-order valence-corrected chi connectivity index (χ4v) is 2.47. The number of carbonyl (C=O) groups is 2. The van der Waals surface area contributed by atoms with Gasteiger partial charge in [-0.15, -0.1) is 0 Å². The van der Waals surface area contributed by atoms with Crippen LogP contribution in [0.25, 0.3) is 0 Å². The maximum absolute atomic E-state index is 12.9. The molecule has 0 radical (unpaired) electrons. The average molecular weight is 292 g/mol. The molecule has 0 N–H and O–H groups in total. The van der Waals surface area contributed by atoms with E-state index in [1.54, 1.807) is 18.9 Å². The molecule has 114 valence electrons. The molecule has 2 rings (SSSR count). The molecule has 4 nitrogen and oxygen atoms in total. The monoisotopic (exact) mass is 292 g/mol. The van der Waals surface area contributed by atoms with Gasteiger partial charge in [-0.25, -0.2) is 4.39 Å². The lowest BCUT2D eigenvalue weighted by atomic mass is 10.0. The summed E-state index contributed by atoms with van der Waals surface area (Å²) in [7, 11) is 1.76. The van der Waals surface area contributed by atoms with Crippen LogP contribution in [-0.2, 0) is 4.79 Å². The molecule has 1 fully saturated rings. The van der Waals surface area contributed by atoms with Crippen LogP contribution in [0.2, 0.25) is 0 Å². The van der Waals surface area contributed by atoms with Gasteiger partial charge in [0.25, 0.3) is 0 Å². The van der Waals surface area contributed by atoms with Crippen molar-refractivity contribution in [2.45, 2.75) is 25.8 Å². The van der Waals surface area contributed by atoms with Gasteiger partial charge in [0.05, 0.1) is 12.6 Å². The van der Waals surface area contributed by atoms with Crippen molar-refractivity contribution in [3.63, 3.8) is 0 Å². The van der Waals surface area contributed by atoms with Crippen LogP contribution in [0.3, 0.4) is 0 Å². The smallest absolute Gasteiger partial charge is 0.236 e. The van der Waals surface area contributed by atoms with E-state index < -0.39 is 6.04 Å². The zero-order valence-corrected chi connectivity index (χ0v) is 12.5. The largest absolute Gasteiger partial charge is 0.342 e. The van der Waals surface area contributed by atoms with Crippen LogP contribution in [0.15, 0.2) is 24.3 Å². The third-order valence-corrected chi connectivity index (χ3v) is 4.01. The molecule has 5 heteroatoms. The number of hydrogen-bond donors (Lipinski definition) is 0. The van der Waals surface area contributed by atoms with Gasteiger partial charge < -0.3 is 4.90 Å². The van der Waals surface area contributed by atoms with E-state index in [1.807, 2.05) is 4.90 Å². The molecule has 1 heterocycles. The molecule has 21 heavy (non-hydrogen) atoms. The Morgan fingerprint density at radius 3 is 2.38 bits per heavy atom. The Hall–Kier alpha value is -1.75. The quantitative estimate of drug-likeness (QED) is 0.779. The summed E-state index contributed by atoms with van der Waals surface area (Å²) in [6, 6.07) is 5.08. The molecule has 1 aromatic carbocycles. The van der Waals surface area contributed by atoms with Gasteiger partial charge in [0.2, 0.25) is 5.91 Å². The summed E-state index contributed by atoms with van der Waals surface area (Å²) in [5, 5.41) is 0. The highest BCUT2D eigenvalue weighted by molar-refractivity contribution is 6.00. The molecule has 0 bridgehead atoms. The highest BCUT2D eigenvalue weighted by Gasteiger charge is 2.24. The summed E-state index contributed by atoms with van der Waals surface area (Å²) in [5.74, 6) is -0.405. The highest BCUT2D eigenvalue weighted by Crippen LogP contribution is 2.11. The Morgan fingerprint density at radius 2 is 1.81 bits per heavy atom. The van der Waals surface area contributed by atoms with E-state index in [4.69, 9.17) is 0 Å². The number of nitrogens with zero attached hydrogens (tertiary/aromatic N) is 2. The van der Waals surface area contributed by atoms with Crippen LogP contribution in [0.5, 0.6) is 0 Å². The SMILES string of the molecule is CC(C(=O)c1ccc(F)cc1)N(C)CC(=O)N1CCCC1. The number of rotatable bonds is 5. The van der Waals surface area contributed by atoms with Crippen molar-refractivity contribution in [1.82, 2.24) is 9.80 Å². The van der Waals surface area contributed by atoms with Crippen LogP contribution >= 0.6 is 0 Å². The number of Topliss-reactive ketones (excluding diaryl/α,β-unsaturated/α-hetero) is 1. The van der Waals surface area contributed by atoms with E-state index in [2.05, 4.69) is 0 Å². The number of benzene rings is 1. The lowest BCUT2D eigenvalue weighted by molar-refractivity contribution is -0.131. The van der Waals surface area contributed by atoms with Gasteiger partial charge in [0.1, 0.15) is 5.82 Å². The summed E-state index contributed by atoms with van der Waals surface area (Å²) in [6.07, 6.45) is 2.11. The van der Waals surface area contributed by atoms with Crippen LogP contribution < -0.4 is 0 Å². The van der Waals surface area contributed by atoms with E-state index in [0.717, 1.165) is 25.9 Å². The van der Waals surface area contributed by atoms with Crippen molar-refractivity contribution in [3.8, 4) is 0 Å². The third-order valence-electron chi connectivity index (χ3n) is 4.01. The van der Waals surface area contributed by atoms with Crippen molar-refractivity contribution < 1.29 is 14.0 Å². The predicted octanol–water partition coefficient (Wildman–Crippen LogP) is 1.95. The van der Waals surface area contributed by atoms with Gasteiger partial charge in [-0.2, -0.15) is 0 Å². The fourth-order valence-electron chi connectivity index (χ4n) is 2.47. The van der Waals surface area contributed by atoms with Gasteiger partial charge in [-0.05, 0) is 51.1 Å². The normalized spacial score (nSPS) is 16.3. The second-order valence-corrected chi connectivity index (χ2v) is 5.55. The van der Waals surface area contributed by atoms with E-state index in [0.29, 0.717) is 5.56 Å². The van der Waals surface area contributed by atoms with Crippen LogP contribution in [0.1, 0.15) is 30.1 Å². The van der Waals surface area contributed by atoms with E-state index in [1.165, 1.54) is 24.3 Å². The number of carbonyl (C=O) groups excluding carboxylic acids is 2. The maximum atomic E-state index is 12.9. The van der Waals surface area contributed by atoms with Gasteiger partial charge in [0, 0.05) is 18.7 Å². The summed E-state index contributed by atoms with van der Waals surface area (Å²) in [5.41, 5.74) is 0.462. The zero-order valence-electron chi connectivity index (χ0n) is 12.5. The van der Waals surface area contributed by atoms with Crippen molar-refractivity contribution in [1.29, 1.82) is 0 Å².